The maximum Gasteiger partial charge on any atom is 0.336 e. The van der Waals surface area contributed by atoms with Crippen molar-refractivity contribution < 1.29 is 9.18 Å². The largest absolute Gasteiger partial charge is 0.351 e. The molecular formula is C28H22FN3O3S. The Balaban J connectivity index is 1.46. The van der Waals surface area contributed by atoms with E-state index < -0.39 is 17.1 Å². The lowest BCUT2D eigenvalue weighted by Crippen LogP contribution is -2.39. The Morgan fingerprint density at radius 3 is 2.44 bits per heavy atom. The fourth-order valence-corrected chi connectivity index (χ4v) is 4.77. The smallest absolute Gasteiger partial charge is 0.336 e. The Morgan fingerprint density at radius 2 is 1.69 bits per heavy atom. The first-order valence-electron chi connectivity index (χ1n) is 11.4. The van der Waals surface area contributed by atoms with Gasteiger partial charge in [0, 0.05) is 4.88 Å². The molecule has 5 aromatic rings. The molecule has 0 atom stereocenters. The van der Waals surface area contributed by atoms with Crippen LogP contribution in [0.5, 0.6) is 0 Å². The number of aromatic nitrogens is 2. The molecule has 0 unspecified atom stereocenters. The summed E-state index contributed by atoms with van der Waals surface area (Å²) in [6.07, 6.45) is 0.183. The molecule has 0 aliphatic carbocycles. The molecule has 36 heavy (non-hydrogen) atoms. The first kappa shape index (κ1) is 23.4. The minimum Gasteiger partial charge on any atom is -0.351 e. The minimum absolute atomic E-state index is 0.111. The molecule has 0 saturated carbocycles. The highest BCUT2D eigenvalue weighted by Gasteiger charge is 2.15. The van der Waals surface area contributed by atoms with E-state index in [1.807, 2.05) is 17.5 Å². The monoisotopic (exact) mass is 499 g/mol. The maximum atomic E-state index is 13.8. The minimum atomic E-state index is -0.524. The van der Waals surface area contributed by atoms with E-state index in [1.54, 1.807) is 72.0 Å². The van der Waals surface area contributed by atoms with E-state index in [0.29, 0.717) is 28.7 Å². The third kappa shape index (κ3) is 4.89. The number of rotatable bonds is 7. The average molecular weight is 500 g/mol. The van der Waals surface area contributed by atoms with E-state index in [4.69, 9.17) is 0 Å². The molecule has 0 spiro atoms. The Bertz CT molecular complexity index is 1650. The molecule has 180 valence electrons. The van der Waals surface area contributed by atoms with Gasteiger partial charge in [0.2, 0.25) is 5.91 Å². The molecule has 1 N–H and O–H groups in total. The molecule has 0 aliphatic heterocycles. The summed E-state index contributed by atoms with van der Waals surface area (Å²) in [6, 6.07) is 23.6. The molecule has 6 nitrogen and oxygen atoms in total. The number of nitrogens with one attached hydrogen (secondary N) is 1. The highest BCUT2D eigenvalue weighted by molar-refractivity contribution is 7.09. The average Bonchev–Trinajstić information content (AvgIpc) is 3.40. The summed E-state index contributed by atoms with van der Waals surface area (Å²) in [5.41, 5.74) is 1.28. The Labute approximate surface area is 209 Å². The summed E-state index contributed by atoms with van der Waals surface area (Å²) in [4.78, 5) is 40.2. The molecule has 3 aromatic carbocycles. The summed E-state index contributed by atoms with van der Waals surface area (Å²) in [5, 5.41) is 5.23. The van der Waals surface area contributed by atoms with Gasteiger partial charge in [-0.2, -0.15) is 0 Å². The molecule has 0 radical (unpaired) electrons. The van der Waals surface area contributed by atoms with Crippen molar-refractivity contribution in [1.82, 2.24) is 14.5 Å². The summed E-state index contributed by atoms with van der Waals surface area (Å²) >= 11 is 1.58. The van der Waals surface area contributed by atoms with Crippen LogP contribution in [0.15, 0.2) is 99.9 Å². The maximum absolute atomic E-state index is 13.8. The van der Waals surface area contributed by atoms with Crippen molar-refractivity contribution in [3.8, 4) is 5.69 Å². The van der Waals surface area contributed by atoms with Crippen LogP contribution in [-0.4, -0.2) is 15.0 Å². The number of nitrogens with zero attached hydrogens (tertiary/aromatic N) is 2. The second kappa shape index (κ2) is 10.1. The molecular weight excluding hydrogens is 477 g/mol. The van der Waals surface area contributed by atoms with Gasteiger partial charge in [-0.3, -0.25) is 14.2 Å². The highest BCUT2D eigenvalue weighted by Crippen LogP contribution is 2.14. The highest BCUT2D eigenvalue weighted by atomic mass is 32.1. The van der Waals surface area contributed by atoms with Crippen LogP contribution < -0.4 is 16.6 Å². The summed E-state index contributed by atoms with van der Waals surface area (Å²) in [7, 11) is 0. The van der Waals surface area contributed by atoms with E-state index >= 15 is 0 Å². The second-order valence-corrected chi connectivity index (χ2v) is 9.39. The summed E-state index contributed by atoms with van der Waals surface area (Å²) < 4.78 is 16.4. The standard InChI is InChI=1S/C28H22FN3O3S/c29-21-6-3-5-20(15-21)18-31-25-9-2-1-8-24(25)27(34)32(28(31)35)22-12-10-19(11-13-22)16-26(33)30-17-23-7-4-14-36-23/h1-15H,16-18H2,(H,30,33). The number of para-hydroxylation sites is 1. The number of carbonyl (C=O) groups excluding carboxylic acids is 1. The second-order valence-electron chi connectivity index (χ2n) is 8.36. The van der Waals surface area contributed by atoms with Gasteiger partial charge in [-0.1, -0.05) is 42.5 Å². The fraction of sp³-hybridized carbons (Fsp3) is 0.107. The van der Waals surface area contributed by atoms with E-state index in [0.717, 1.165) is 15.0 Å². The molecule has 2 aromatic heterocycles. The van der Waals surface area contributed by atoms with Crippen molar-refractivity contribution >= 4 is 28.1 Å². The van der Waals surface area contributed by atoms with E-state index in [1.165, 1.54) is 16.7 Å². The first-order chi connectivity index (χ1) is 17.5. The van der Waals surface area contributed by atoms with Crippen LogP contribution in [-0.2, 0) is 24.3 Å². The topological polar surface area (TPSA) is 73.1 Å². The quantitative estimate of drug-likeness (QED) is 0.364. The van der Waals surface area contributed by atoms with Crippen LogP contribution in [0.2, 0.25) is 0 Å². The van der Waals surface area contributed by atoms with Gasteiger partial charge in [0.25, 0.3) is 5.56 Å². The Kier molecular flexibility index (Phi) is 6.60. The molecule has 2 heterocycles. The van der Waals surface area contributed by atoms with Crippen molar-refractivity contribution in [3.63, 3.8) is 0 Å². The van der Waals surface area contributed by atoms with Crippen LogP contribution in [0.3, 0.4) is 0 Å². The van der Waals surface area contributed by atoms with Crippen LogP contribution in [0.1, 0.15) is 16.0 Å². The first-order valence-corrected chi connectivity index (χ1v) is 12.2. The molecule has 1 amide bonds. The van der Waals surface area contributed by atoms with E-state index in [2.05, 4.69) is 5.32 Å². The molecule has 5 rings (SSSR count). The predicted molar refractivity (Wildman–Crippen MR) is 139 cm³/mol. The van der Waals surface area contributed by atoms with Gasteiger partial charge >= 0.3 is 5.69 Å². The number of halogens is 1. The Morgan fingerprint density at radius 1 is 0.889 bits per heavy atom. The lowest BCUT2D eigenvalue weighted by Gasteiger charge is -2.15. The van der Waals surface area contributed by atoms with Crippen molar-refractivity contribution in [2.75, 3.05) is 0 Å². The lowest BCUT2D eigenvalue weighted by atomic mass is 10.1. The van der Waals surface area contributed by atoms with Gasteiger partial charge < -0.3 is 5.32 Å². The van der Waals surface area contributed by atoms with Crippen LogP contribution >= 0.6 is 11.3 Å². The van der Waals surface area contributed by atoms with Gasteiger partial charge in [0.05, 0.1) is 36.1 Å². The molecule has 0 fully saturated rings. The number of hydrogen-bond acceptors (Lipinski definition) is 4. The zero-order valence-electron chi connectivity index (χ0n) is 19.2. The zero-order valence-corrected chi connectivity index (χ0v) is 20.0. The van der Waals surface area contributed by atoms with Crippen molar-refractivity contribution in [1.29, 1.82) is 0 Å². The van der Waals surface area contributed by atoms with Gasteiger partial charge in [-0.05, 0) is 59.0 Å². The third-order valence-corrected chi connectivity index (χ3v) is 6.76. The summed E-state index contributed by atoms with van der Waals surface area (Å²) in [5.74, 6) is -0.510. The third-order valence-electron chi connectivity index (χ3n) is 5.88. The van der Waals surface area contributed by atoms with Gasteiger partial charge in [0.15, 0.2) is 0 Å². The molecule has 8 heteroatoms. The van der Waals surface area contributed by atoms with Crippen molar-refractivity contribution in [2.24, 2.45) is 0 Å². The SMILES string of the molecule is O=C(Cc1ccc(-n2c(=O)c3ccccc3n(Cc3cccc(F)c3)c2=O)cc1)NCc1cccs1. The number of thiophene rings is 1. The predicted octanol–water partition coefficient (Wildman–Crippen LogP) is 4.26. The van der Waals surface area contributed by atoms with Crippen LogP contribution in [0.25, 0.3) is 16.6 Å². The van der Waals surface area contributed by atoms with Gasteiger partial charge in [-0.25, -0.2) is 13.8 Å². The van der Waals surface area contributed by atoms with E-state index in [-0.39, 0.29) is 18.9 Å². The number of amides is 1. The molecule has 0 bridgehead atoms. The number of hydrogen-bond donors (Lipinski definition) is 1. The number of carbonyl (C=O) groups is 1. The van der Waals surface area contributed by atoms with Crippen molar-refractivity contribution in [3.05, 3.63) is 133 Å². The summed E-state index contributed by atoms with van der Waals surface area (Å²) in [6.45, 7) is 0.589. The van der Waals surface area contributed by atoms with Gasteiger partial charge in [-0.15, -0.1) is 11.3 Å². The van der Waals surface area contributed by atoms with Crippen LogP contribution in [0.4, 0.5) is 4.39 Å². The van der Waals surface area contributed by atoms with Crippen LogP contribution in [0, 0.1) is 5.82 Å². The molecule has 0 saturated heterocycles. The number of fused-ring (bicyclic) bond motifs is 1. The molecule has 0 aliphatic rings. The zero-order chi connectivity index (χ0) is 25.1. The fourth-order valence-electron chi connectivity index (χ4n) is 4.13. The number of benzene rings is 3. The lowest BCUT2D eigenvalue weighted by molar-refractivity contribution is -0.120. The normalized spacial score (nSPS) is 11.0. The van der Waals surface area contributed by atoms with Gasteiger partial charge in [0.1, 0.15) is 5.82 Å². The van der Waals surface area contributed by atoms with E-state index in [9.17, 15) is 18.8 Å². The van der Waals surface area contributed by atoms with Crippen molar-refractivity contribution in [2.45, 2.75) is 19.5 Å². The Hall–Kier alpha value is -4.30.